The van der Waals surface area contributed by atoms with Gasteiger partial charge < -0.3 is 16.2 Å². The first-order chi connectivity index (χ1) is 10.6. The lowest BCUT2D eigenvalue weighted by Gasteiger charge is -2.12. The van der Waals surface area contributed by atoms with Crippen LogP contribution < -0.4 is 11.1 Å². The van der Waals surface area contributed by atoms with Crippen molar-refractivity contribution in [3.63, 3.8) is 0 Å². The van der Waals surface area contributed by atoms with Crippen LogP contribution in [0.4, 0.5) is 17.1 Å². The van der Waals surface area contributed by atoms with E-state index in [4.69, 9.17) is 5.73 Å². The van der Waals surface area contributed by atoms with E-state index in [2.05, 4.69) is 30.4 Å². The molecule has 0 saturated heterocycles. The number of rotatable bonds is 3. The second-order valence-electron chi connectivity index (χ2n) is 5.32. The van der Waals surface area contributed by atoms with Gasteiger partial charge in [0.05, 0.1) is 0 Å². The molecule has 4 N–H and O–H groups in total. The molecule has 0 radical (unpaired) electrons. The van der Waals surface area contributed by atoms with E-state index in [-0.39, 0.29) is 5.75 Å². The molecule has 0 fully saturated rings. The summed E-state index contributed by atoms with van der Waals surface area (Å²) < 4.78 is 0. The third-order valence-corrected chi connectivity index (χ3v) is 3.62. The smallest absolute Gasteiger partial charge is 0.115 e. The SMILES string of the molecule is Cc1cc(-c2ccc(N)cc2)ccc1Nc1ccc(O)cc1. The summed E-state index contributed by atoms with van der Waals surface area (Å²) in [5.74, 6) is 0.265. The van der Waals surface area contributed by atoms with E-state index >= 15 is 0 Å². The van der Waals surface area contributed by atoms with E-state index < -0.39 is 0 Å². The summed E-state index contributed by atoms with van der Waals surface area (Å²) in [7, 11) is 0. The molecule has 3 aromatic rings. The summed E-state index contributed by atoms with van der Waals surface area (Å²) in [6, 6.07) is 21.2. The van der Waals surface area contributed by atoms with Crippen LogP contribution in [0.3, 0.4) is 0 Å². The normalized spacial score (nSPS) is 10.4. The zero-order chi connectivity index (χ0) is 15.5. The van der Waals surface area contributed by atoms with Gasteiger partial charge >= 0.3 is 0 Å². The summed E-state index contributed by atoms with van der Waals surface area (Å²) in [6.07, 6.45) is 0. The minimum atomic E-state index is 0.265. The number of anilines is 3. The van der Waals surface area contributed by atoms with Gasteiger partial charge in [-0.1, -0.05) is 18.2 Å². The van der Waals surface area contributed by atoms with Gasteiger partial charge in [0.25, 0.3) is 0 Å². The molecule has 22 heavy (non-hydrogen) atoms. The van der Waals surface area contributed by atoms with Crippen LogP contribution in [0, 0.1) is 6.92 Å². The van der Waals surface area contributed by atoms with Crippen LogP contribution in [0.5, 0.6) is 5.75 Å². The largest absolute Gasteiger partial charge is 0.508 e. The van der Waals surface area contributed by atoms with Crippen LogP contribution in [-0.4, -0.2) is 5.11 Å². The lowest BCUT2D eigenvalue weighted by atomic mass is 10.0. The Balaban J connectivity index is 1.85. The van der Waals surface area contributed by atoms with Gasteiger partial charge in [-0.05, 0) is 72.1 Å². The van der Waals surface area contributed by atoms with E-state index in [1.54, 1.807) is 12.1 Å². The van der Waals surface area contributed by atoms with Gasteiger partial charge in [-0.2, -0.15) is 0 Å². The summed E-state index contributed by atoms with van der Waals surface area (Å²) in [6.45, 7) is 2.07. The lowest BCUT2D eigenvalue weighted by molar-refractivity contribution is 0.475. The maximum atomic E-state index is 9.32. The van der Waals surface area contributed by atoms with Crippen LogP contribution in [0.25, 0.3) is 11.1 Å². The van der Waals surface area contributed by atoms with Crippen LogP contribution in [-0.2, 0) is 0 Å². The van der Waals surface area contributed by atoms with Gasteiger partial charge in [0.15, 0.2) is 0 Å². The topological polar surface area (TPSA) is 58.3 Å². The van der Waals surface area contributed by atoms with Gasteiger partial charge in [-0.3, -0.25) is 0 Å². The monoisotopic (exact) mass is 290 g/mol. The number of hydrogen-bond donors (Lipinski definition) is 3. The van der Waals surface area contributed by atoms with Crippen molar-refractivity contribution in [3.8, 4) is 16.9 Å². The fourth-order valence-corrected chi connectivity index (χ4v) is 2.36. The molecule has 3 nitrogen and oxygen atoms in total. The maximum Gasteiger partial charge on any atom is 0.115 e. The molecule has 3 heteroatoms. The number of nitrogens with two attached hydrogens (primary N) is 1. The Bertz CT molecular complexity index is 778. The van der Waals surface area contributed by atoms with Crippen LogP contribution in [0.1, 0.15) is 5.56 Å². The number of benzene rings is 3. The van der Waals surface area contributed by atoms with Crippen molar-refractivity contribution in [2.75, 3.05) is 11.1 Å². The Hall–Kier alpha value is -2.94. The first-order valence-electron chi connectivity index (χ1n) is 7.14. The van der Waals surface area contributed by atoms with Gasteiger partial charge in [0.1, 0.15) is 5.75 Å². The molecule has 3 aromatic carbocycles. The second kappa shape index (κ2) is 5.82. The number of nitrogen functional groups attached to an aromatic ring is 1. The highest BCUT2D eigenvalue weighted by Crippen LogP contribution is 2.27. The van der Waals surface area contributed by atoms with Crippen molar-refractivity contribution in [2.45, 2.75) is 6.92 Å². The molecule has 0 unspecified atom stereocenters. The average molecular weight is 290 g/mol. The van der Waals surface area contributed by atoms with Crippen LogP contribution in [0.2, 0.25) is 0 Å². The summed E-state index contributed by atoms with van der Waals surface area (Å²) in [4.78, 5) is 0. The Labute approximate surface area is 130 Å². The highest BCUT2D eigenvalue weighted by Gasteiger charge is 2.03. The number of aromatic hydroxyl groups is 1. The zero-order valence-electron chi connectivity index (χ0n) is 12.4. The predicted octanol–water partition coefficient (Wildman–Crippen LogP) is 4.69. The quantitative estimate of drug-likeness (QED) is 0.484. The molecule has 110 valence electrons. The first kappa shape index (κ1) is 14.0. The molecular weight excluding hydrogens is 272 g/mol. The third-order valence-electron chi connectivity index (χ3n) is 3.62. The Morgan fingerprint density at radius 3 is 2.09 bits per heavy atom. The average Bonchev–Trinajstić information content (AvgIpc) is 2.52. The molecule has 0 aliphatic heterocycles. The van der Waals surface area contributed by atoms with Gasteiger partial charge in [0, 0.05) is 17.1 Å². The molecule has 0 aliphatic rings. The summed E-state index contributed by atoms with van der Waals surface area (Å²) in [5.41, 5.74) is 12.0. The molecule has 0 aromatic heterocycles. The van der Waals surface area contributed by atoms with Crippen LogP contribution >= 0.6 is 0 Å². The fraction of sp³-hybridized carbons (Fsp3) is 0.0526. The first-order valence-corrected chi connectivity index (χ1v) is 7.14. The summed E-state index contributed by atoms with van der Waals surface area (Å²) in [5, 5.41) is 12.7. The van der Waals surface area contributed by atoms with E-state index in [9.17, 15) is 5.11 Å². The van der Waals surface area contributed by atoms with E-state index in [0.29, 0.717) is 0 Å². The number of phenolic OH excluding ortho intramolecular Hbond substituents is 1. The molecule has 0 atom stereocenters. The van der Waals surface area contributed by atoms with Crippen molar-refractivity contribution >= 4 is 17.1 Å². The minimum Gasteiger partial charge on any atom is -0.508 e. The molecule has 0 heterocycles. The number of hydrogen-bond acceptors (Lipinski definition) is 3. The maximum absolute atomic E-state index is 9.32. The Morgan fingerprint density at radius 2 is 1.45 bits per heavy atom. The van der Waals surface area contributed by atoms with Gasteiger partial charge in [-0.15, -0.1) is 0 Å². The number of phenols is 1. The molecule has 0 spiro atoms. The highest BCUT2D eigenvalue weighted by atomic mass is 16.3. The summed E-state index contributed by atoms with van der Waals surface area (Å²) >= 11 is 0. The van der Waals surface area contributed by atoms with Crippen molar-refractivity contribution in [3.05, 3.63) is 72.3 Å². The molecule has 3 rings (SSSR count). The van der Waals surface area contributed by atoms with Crippen molar-refractivity contribution in [1.29, 1.82) is 0 Å². The molecule has 0 bridgehead atoms. The standard InChI is InChI=1S/C19H18N2O/c1-13-12-15(14-2-5-16(20)6-3-14)4-11-19(13)21-17-7-9-18(22)10-8-17/h2-12,21-22H,20H2,1H3. The fourth-order valence-electron chi connectivity index (χ4n) is 2.36. The van der Waals surface area contributed by atoms with Crippen molar-refractivity contribution in [2.24, 2.45) is 0 Å². The number of aryl methyl sites for hydroxylation is 1. The van der Waals surface area contributed by atoms with Crippen molar-refractivity contribution in [1.82, 2.24) is 0 Å². The van der Waals surface area contributed by atoms with Crippen LogP contribution in [0.15, 0.2) is 66.7 Å². The molecule has 0 amide bonds. The second-order valence-corrected chi connectivity index (χ2v) is 5.32. The Kier molecular flexibility index (Phi) is 3.71. The van der Waals surface area contributed by atoms with E-state index in [0.717, 1.165) is 33.8 Å². The lowest BCUT2D eigenvalue weighted by Crippen LogP contribution is -1.93. The third kappa shape index (κ3) is 3.04. The highest BCUT2D eigenvalue weighted by molar-refractivity contribution is 5.72. The van der Waals surface area contributed by atoms with Gasteiger partial charge in [-0.25, -0.2) is 0 Å². The zero-order valence-corrected chi connectivity index (χ0v) is 12.4. The minimum absolute atomic E-state index is 0.265. The van der Waals surface area contributed by atoms with E-state index in [1.165, 1.54) is 0 Å². The van der Waals surface area contributed by atoms with Gasteiger partial charge in [0.2, 0.25) is 0 Å². The predicted molar refractivity (Wildman–Crippen MR) is 92.4 cm³/mol. The molecular formula is C19H18N2O. The van der Waals surface area contributed by atoms with Crippen molar-refractivity contribution < 1.29 is 5.11 Å². The molecule has 0 aliphatic carbocycles. The molecule has 0 saturated carbocycles. The van der Waals surface area contributed by atoms with E-state index in [1.807, 2.05) is 36.4 Å². The number of nitrogens with one attached hydrogen (secondary N) is 1. The Morgan fingerprint density at radius 1 is 0.818 bits per heavy atom.